The zero-order valence-electron chi connectivity index (χ0n) is 19.3. The summed E-state index contributed by atoms with van der Waals surface area (Å²) in [6.07, 6.45) is 0. The van der Waals surface area contributed by atoms with Crippen molar-refractivity contribution in [3.05, 3.63) is 114 Å². The normalized spacial score (nSPS) is 11.5. The molecule has 0 aliphatic carbocycles. The van der Waals surface area contributed by atoms with E-state index in [1.54, 1.807) is 66.7 Å². The fourth-order valence-corrected chi connectivity index (χ4v) is 6.11. The van der Waals surface area contributed by atoms with Gasteiger partial charge in [0.05, 0.1) is 15.5 Å². The molecule has 0 spiro atoms. The van der Waals surface area contributed by atoms with Crippen molar-refractivity contribution in [2.45, 2.75) is 9.79 Å². The quantitative estimate of drug-likeness (QED) is 0.302. The van der Waals surface area contributed by atoms with E-state index in [1.807, 2.05) is 0 Å². The first-order valence-electron chi connectivity index (χ1n) is 11.0. The van der Waals surface area contributed by atoms with Gasteiger partial charge in [-0.2, -0.15) is 0 Å². The maximum atomic E-state index is 13.4. The van der Waals surface area contributed by atoms with Gasteiger partial charge in [-0.05, 0) is 66.7 Å². The largest absolute Gasteiger partial charge is 0.325 e. The predicted molar refractivity (Wildman–Crippen MR) is 145 cm³/mol. The Morgan fingerprint density at radius 2 is 1.32 bits per heavy atom. The fourth-order valence-electron chi connectivity index (χ4n) is 3.43. The van der Waals surface area contributed by atoms with Gasteiger partial charge in [-0.25, -0.2) is 16.8 Å². The first-order valence-corrected chi connectivity index (χ1v) is 14.3. The SMILES string of the molecule is O=C(CN(c1cccc(Cl)c1)S(=O)(=O)c1ccccc1)Nc1ccc(S(=O)(=O)Nc2ccccc2)cc1. The number of nitrogens with zero attached hydrogens (tertiary/aromatic N) is 1. The van der Waals surface area contributed by atoms with E-state index >= 15 is 0 Å². The molecule has 11 heteroatoms. The second kappa shape index (κ2) is 11.0. The van der Waals surface area contributed by atoms with Crippen LogP contribution in [0.25, 0.3) is 0 Å². The average Bonchev–Trinajstić information content (AvgIpc) is 2.88. The number of nitrogens with one attached hydrogen (secondary N) is 2. The lowest BCUT2D eigenvalue weighted by Gasteiger charge is -2.24. The predicted octanol–water partition coefficient (Wildman–Crippen LogP) is 4.97. The number of benzene rings is 4. The minimum atomic E-state index is -4.09. The van der Waals surface area contributed by atoms with Crippen LogP contribution in [0.2, 0.25) is 5.02 Å². The first-order chi connectivity index (χ1) is 17.6. The van der Waals surface area contributed by atoms with Crippen molar-refractivity contribution >= 4 is 54.6 Å². The van der Waals surface area contributed by atoms with Crippen molar-refractivity contribution in [2.24, 2.45) is 0 Å². The van der Waals surface area contributed by atoms with Gasteiger partial charge >= 0.3 is 0 Å². The van der Waals surface area contributed by atoms with Crippen LogP contribution in [0.4, 0.5) is 17.1 Å². The van der Waals surface area contributed by atoms with E-state index in [9.17, 15) is 21.6 Å². The molecule has 0 unspecified atom stereocenters. The summed E-state index contributed by atoms with van der Waals surface area (Å²) in [5, 5.41) is 2.93. The van der Waals surface area contributed by atoms with Crippen molar-refractivity contribution in [1.29, 1.82) is 0 Å². The highest BCUT2D eigenvalue weighted by molar-refractivity contribution is 7.93. The van der Waals surface area contributed by atoms with Gasteiger partial charge in [0.25, 0.3) is 20.0 Å². The molecule has 0 saturated carbocycles. The Morgan fingerprint density at radius 3 is 1.95 bits per heavy atom. The number of hydrogen-bond acceptors (Lipinski definition) is 5. The lowest BCUT2D eigenvalue weighted by molar-refractivity contribution is -0.114. The minimum absolute atomic E-state index is 0.00145. The van der Waals surface area contributed by atoms with Gasteiger partial charge in [-0.1, -0.05) is 54.1 Å². The molecule has 37 heavy (non-hydrogen) atoms. The Balaban J connectivity index is 1.53. The molecule has 0 radical (unpaired) electrons. The molecule has 0 heterocycles. The summed E-state index contributed by atoms with van der Waals surface area (Å²) < 4.78 is 55.4. The van der Waals surface area contributed by atoms with Crippen LogP contribution < -0.4 is 14.3 Å². The van der Waals surface area contributed by atoms with Crippen LogP contribution in [0.3, 0.4) is 0 Å². The standard InChI is InChI=1S/C26H22ClN3O5S2/c27-20-8-7-11-23(18-20)30(37(34,35)25-12-5-2-6-13-25)19-26(31)28-21-14-16-24(17-15-21)36(32,33)29-22-9-3-1-4-10-22/h1-18,29H,19H2,(H,28,31). The topological polar surface area (TPSA) is 113 Å². The summed E-state index contributed by atoms with van der Waals surface area (Å²) in [5.41, 5.74) is 0.937. The van der Waals surface area contributed by atoms with Crippen LogP contribution in [0.5, 0.6) is 0 Å². The molecule has 8 nitrogen and oxygen atoms in total. The number of carbonyl (C=O) groups excluding carboxylic acids is 1. The molecule has 0 bridgehead atoms. The molecule has 0 fully saturated rings. The van der Waals surface area contributed by atoms with E-state index in [1.165, 1.54) is 42.5 Å². The van der Waals surface area contributed by atoms with Crippen LogP contribution in [-0.4, -0.2) is 29.3 Å². The summed E-state index contributed by atoms with van der Waals surface area (Å²) in [6.45, 7) is -0.535. The zero-order chi connectivity index (χ0) is 26.5. The third-order valence-corrected chi connectivity index (χ3v) is 8.61. The molecule has 0 aromatic heterocycles. The number of sulfonamides is 2. The number of para-hydroxylation sites is 1. The lowest BCUT2D eigenvalue weighted by atomic mass is 10.3. The number of amides is 1. The lowest BCUT2D eigenvalue weighted by Crippen LogP contribution is -2.38. The van der Waals surface area contributed by atoms with E-state index in [0.717, 1.165) is 4.31 Å². The highest BCUT2D eigenvalue weighted by Gasteiger charge is 2.27. The van der Waals surface area contributed by atoms with E-state index < -0.39 is 32.5 Å². The molecule has 190 valence electrons. The first kappa shape index (κ1) is 26.2. The van der Waals surface area contributed by atoms with E-state index in [0.29, 0.717) is 16.4 Å². The van der Waals surface area contributed by atoms with Crippen LogP contribution in [0, 0.1) is 0 Å². The number of rotatable bonds is 9. The van der Waals surface area contributed by atoms with Gasteiger partial charge in [-0.15, -0.1) is 0 Å². The Kier molecular flexibility index (Phi) is 7.82. The van der Waals surface area contributed by atoms with Gasteiger partial charge in [-0.3, -0.25) is 13.8 Å². The summed E-state index contributed by atoms with van der Waals surface area (Å²) in [5.74, 6) is -0.627. The van der Waals surface area contributed by atoms with Crippen LogP contribution in [0.15, 0.2) is 119 Å². The zero-order valence-corrected chi connectivity index (χ0v) is 21.7. The highest BCUT2D eigenvalue weighted by atomic mass is 35.5. The monoisotopic (exact) mass is 555 g/mol. The highest BCUT2D eigenvalue weighted by Crippen LogP contribution is 2.26. The van der Waals surface area contributed by atoms with Gasteiger partial charge in [0.1, 0.15) is 6.54 Å². The summed E-state index contributed by atoms with van der Waals surface area (Å²) in [6, 6.07) is 27.9. The second-order valence-electron chi connectivity index (χ2n) is 7.85. The Bertz CT molecular complexity index is 1600. The Labute approximate surface area is 220 Å². The molecule has 0 atom stereocenters. The molecule has 4 aromatic rings. The molecule has 4 rings (SSSR count). The Hall–Kier alpha value is -3.86. The van der Waals surface area contributed by atoms with Gasteiger partial charge in [0.2, 0.25) is 5.91 Å². The Morgan fingerprint density at radius 1 is 0.703 bits per heavy atom. The van der Waals surface area contributed by atoms with E-state index in [-0.39, 0.29) is 15.5 Å². The fraction of sp³-hybridized carbons (Fsp3) is 0.0385. The van der Waals surface area contributed by atoms with Gasteiger partial charge in [0.15, 0.2) is 0 Å². The number of hydrogen-bond donors (Lipinski definition) is 2. The third-order valence-electron chi connectivity index (χ3n) is 5.19. The van der Waals surface area contributed by atoms with Crippen molar-refractivity contribution in [3.63, 3.8) is 0 Å². The summed E-state index contributed by atoms with van der Waals surface area (Å²) >= 11 is 6.08. The van der Waals surface area contributed by atoms with E-state index in [4.69, 9.17) is 11.6 Å². The van der Waals surface area contributed by atoms with Crippen LogP contribution in [0.1, 0.15) is 0 Å². The van der Waals surface area contributed by atoms with Crippen LogP contribution in [-0.2, 0) is 24.8 Å². The average molecular weight is 556 g/mol. The molecular formula is C26H22ClN3O5S2. The number of anilines is 3. The molecule has 0 aliphatic heterocycles. The maximum Gasteiger partial charge on any atom is 0.264 e. The smallest absolute Gasteiger partial charge is 0.264 e. The van der Waals surface area contributed by atoms with Crippen molar-refractivity contribution in [3.8, 4) is 0 Å². The van der Waals surface area contributed by atoms with Crippen molar-refractivity contribution < 1.29 is 21.6 Å². The minimum Gasteiger partial charge on any atom is -0.325 e. The molecule has 4 aromatic carbocycles. The molecule has 0 aliphatic rings. The third kappa shape index (κ3) is 6.48. The van der Waals surface area contributed by atoms with E-state index in [2.05, 4.69) is 10.0 Å². The number of halogens is 1. The molecule has 2 N–H and O–H groups in total. The summed E-state index contributed by atoms with van der Waals surface area (Å²) in [7, 11) is -7.92. The summed E-state index contributed by atoms with van der Waals surface area (Å²) in [4.78, 5) is 12.9. The second-order valence-corrected chi connectivity index (χ2v) is 11.8. The van der Waals surface area contributed by atoms with Gasteiger partial charge < -0.3 is 5.32 Å². The van der Waals surface area contributed by atoms with Crippen LogP contribution >= 0.6 is 11.6 Å². The van der Waals surface area contributed by atoms with Crippen molar-refractivity contribution in [2.75, 3.05) is 20.9 Å². The van der Waals surface area contributed by atoms with Crippen molar-refractivity contribution in [1.82, 2.24) is 0 Å². The molecule has 0 saturated heterocycles. The molecule has 1 amide bonds. The number of carbonyl (C=O) groups is 1. The molecular weight excluding hydrogens is 534 g/mol. The maximum absolute atomic E-state index is 13.4. The van der Waals surface area contributed by atoms with Gasteiger partial charge in [0, 0.05) is 16.4 Å².